The molecule has 1 aliphatic heterocycles. The largest absolute Gasteiger partial charge is 0.481 e. The van der Waals surface area contributed by atoms with Crippen molar-refractivity contribution in [3.63, 3.8) is 0 Å². The molecule has 0 unspecified atom stereocenters. The number of carbonyl (C=O) groups excluding carboxylic acids is 1. The fourth-order valence-electron chi connectivity index (χ4n) is 3.25. The number of nitrogens with zero attached hydrogens (tertiary/aromatic N) is 1. The summed E-state index contributed by atoms with van der Waals surface area (Å²) in [7, 11) is 0. The van der Waals surface area contributed by atoms with Crippen LogP contribution in [-0.2, 0) is 11.2 Å². The highest BCUT2D eigenvalue weighted by atomic mass is 16.4. The van der Waals surface area contributed by atoms with Crippen LogP contribution in [0.15, 0.2) is 30.5 Å². The molecule has 6 nitrogen and oxygen atoms in total. The number of H-pyrrole nitrogens is 1. The minimum absolute atomic E-state index is 0.0854. The summed E-state index contributed by atoms with van der Waals surface area (Å²) in [6.45, 7) is 1.66. The van der Waals surface area contributed by atoms with Crippen LogP contribution in [0.2, 0.25) is 0 Å². The number of nitrogens with one attached hydrogen (secondary N) is 2. The van der Waals surface area contributed by atoms with E-state index in [9.17, 15) is 9.59 Å². The summed E-state index contributed by atoms with van der Waals surface area (Å²) < 4.78 is 0. The summed E-state index contributed by atoms with van der Waals surface area (Å²) in [5.74, 6) is -1.07. The maximum atomic E-state index is 12.1. The lowest BCUT2D eigenvalue weighted by molar-refractivity contribution is -0.143. The van der Waals surface area contributed by atoms with Crippen LogP contribution in [0.3, 0.4) is 0 Å². The lowest BCUT2D eigenvalue weighted by Crippen LogP contribution is -2.45. The number of fused-ring (bicyclic) bond motifs is 1. The Morgan fingerprint density at radius 1 is 1.25 bits per heavy atom. The van der Waals surface area contributed by atoms with Gasteiger partial charge in [-0.1, -0.05) is 18.2 Å². The molecule has 1 aromatic heterocycles. The summed E-state index contributed by atoms with van der Waals surface area (Å²) in [5.41, 5.74) is 2.40. The Kier molecular flexibility index (Phi) is 5.03. The highest BCUT2D eigenvalue weighted by Crippen LogP contribution is 2.19. The number of carboxylic acid groups (broad SMARTS) is 1. The second kappa shape index (κ2) is 7.38. The number of likely N-dealkylation sites (tertiary alicyclic amines) is 1. The predicted octanol–water partition coefficient (Wildman–Crippen LogP) is 2.61. The van der Waals surface area contributed by atoms with Crippen molar-refractivity contribution in [1.82, 2.24) is 15.2 Å². The van der Waals surface area contributed by atoms with E-state index in [1.807, 2.05) is 18.3 Å². The van der Waals surface area contributed by atoms with E-state index in [4.69, 9.17) is 5.11 Å². The van der Waals surface area contributed by atoms with Crippen molar-refractivity contribution >= 4 is 22.9 Å². The summed E-state index contributed by atoms with van der Waals surface area (Å²) in [5, 5.41) is 13.2. The summed E-state index contributed by atoms with van der Waals surface area (Å²) in [6, 6.07) is 8.12. The van der Waals surface area contributed by atoms with Crippen LogP contribution in [0.25, 0.3) is 10.9 Å². The van der Waals surface area contributed by atoms with Gasteiger partial charge in [-0.2, -0.15) is 0 Å². The zero-order valence-corrected chi connectivity index (χ0v) is 13.6. The third-order valence-electron chi connectivity index (χ3n) is 4.71. The minimum Gasteiger partial charge on any atom is -0.481 e. The van der Waals surface area contributed by atoms with Crippen molar-refractivity contribution in [2.45, 2.75) is 25.7 Å². The van der Waals surface area contributed by atoms with Gasteiger partial charge in [0.05, 0.1) is 5.92 Å². The van der Waals surface area contributed by atoms with Crippen molar-refractivity contribution in [2.24, 2.45) is 5.92 Å². The minimum atomic E-state index is -0.756. The lowest BCUT2D eigenvalue weighted by Gasteiger charge is -2.30. The standard InChI is InChI=1S/C18H23N3O3/c22-17(23)13-7-10-21(11-8-13)18(24)19-9-3-4-14-12-20-16-6-2-1-5-15(14)16/h1-2,5-6,12-13,20H,3-4,7-11H2,(H,19,24)(H,22,23). The number of rotatable bonds is 5. The van der Waals surface area contributed by atoms with E-state index in [2.05, 4.69) is 22.4 Å². The first kappa shape index (κ1) is 16.4. The molecule has 2 aromatic rings. The number of aromatic amines is 1. The number of para-hydroxylation sites is 1. The van der Waals surface area contributed by atoms with Gasteiger partial charge >= 0.3 is 12.0 Å². The molecule has 6 heteroatoms. The van der Waals surface area contributed by atoms with E-state index in [-0.39, 0.29) is 11.9 Å². The lowest BCUT2D eigenvalue weighted by atomic mass is 9.97. The molecule has 0 aliphatic carbocycles. The molecule has 3 rings (SSSR count). The molecular weight excluding hydrogens is 306 g/mol. The van der Waals surface area contributed by atoms with Crippen LogP contribution >= 0.6 is 0 Å². The zero-order chi connectivity index (χ0) is 16.9. The number of hydrogen-bond donors (Lipinski definition) is 3. The van der Waals surface area contributed by atoms with E-state index >= 15 is 0 Å². The number of piperidine rings is 1. The maximum absolute atomic E-state index is 12.1. The average Bonchev–Trinajstić information content (AvgIpc) is 3.02. The van der Waals surface area contributed by atoms with Gasteiger partial charge in [-0.3, -0.25) is 4.79 Å². The number of urea groups is 1. The summed E-state index contributed by atoms with van der Waals surface area (Å²) in [6.07, 6.45) is 4.89. The van der Waals surface area contributed by atoms with Crippen LogP contribution in [-0.4, -0.2) is 46.6 Å². The molecule has 0 saturated carbocycles. The number of carboxylic acids is 1. The average molecular weight is 329 g/mol. The Morgan fingerprint density at radius 2 is 2.00 bits per heavy atom. The Hall–Kier alpha value is -2.50. The molecule has 1 aliphatic rings. The number of aromatic nitrogens is 1. The molecule has 0 radical (unpaired) electrons. The molecule has 1 saturated heterocycles. The topological polar surface area (TPSA) is 85.4 Å². The van der Waals surface area contributed by atoms with Crippen LogP contribution in [0.5, 0.6) is 0 Å². The van der Waals surface area contributed by atoms with Crippen LogP contribution in [0.1, 0.15) is 24.8 Å². The molecule has 2 amide bonds. The molecule has 0 bridgehead atoms. The Labute approximate surface area is 140 Å². The Morgan fingerprint density at radius 3 is 2.75 bits per heavy atom. The monoisotopic (exact) mass is 329 g/mol. The van der Waals surface area contributed by atoms with Crippen molar-refractivity contribution in [3.8, 4) is 0 Å². The summed E-state index contributed by atoms with van der Waals surface area (Å²) >= 11 is 0. The number of carbonyl (C=O) groups is 2. The predicted molar refractivity (Wildman–Crippen MR) is 92.0 cm³/mol. The fourth-order valence-corrected chi connectivity index (χ4v) is 3.25. The smallest absolute Gasteiger partial charge is 0.317 e. The number of benzene rings is 1. The van der Waals surface area contributed by atoms with Gasteiger partial charge in [0.25, 0.3) is 0 Å². The van der Waals surface area contributed by atoms with Crippen molar-refractivity contribution in [2.75, 3.05) is 19.6 Å². The van der Waals surface area contributed by atoms with Gasteiger partial charge in [-0.15, -0.1) is 0 Å². The molecule has 1 fully saturated rings. The van der Waals surface area contributed by atoms with E-state index in [0.29, 0.717) is 32.5 Å². The quantitative estimate of drug-likeness (QED) is 0.737. The maximum Gasteiger partial charge on any atom is 0.317 e. The van der Waals surface area contributed by atoms with Gasteiger partial charge in [0, 0.05) is 36.7 Å². The van der Waals surface area contributed by atoms with E-state index in [1.54, 1.807) is 4.90 Å². The van der Waals surface area contributed by atoms with Crippen molar-refractivity contribution in [3.05, 3.63) is 36.0 Å². The number of aryl methyl sites for hydroxylation is 1. The van der Waals surface area contributed by atoms with Crippen LogP contribution < -0.4 is 5.32 Å². The van der Waals surface area contributed by atoms with Crippen molar-refractivity contribution < 1.29 is 14.7 Å². The molecule has 128 valence electrons. The second-order valence-electron chi connectivity index (χ2n) is 6.29. The highest BCUT2D eigenvalue weighted by Gasteiger charge is 2.26. The number of amides is 2. The van der Waals surface area contributed by atoms with Gasteiger partial charge in [0.2, 0.25) is 0 Å². The Balaban J connectivity index is 1.40. The van der Waals surface area contributed by atoms with Crippen molar-refractivity contribution in [1.29, 1.82) is 0 Å². The van der Waals surface area contributed by atoms with Gasteiger partial charge in [-0.25, -0.2) is 4.79 Å². The van der Waals surface area contributed by atoms with Gasteiger partial charge in [0.1, 0.15) is 0 Å². The molecule has 0 atom stereocenters. The highest BCUT2D eigenvalue weighted by molar-refractivity contribution is 5.83. The second-order valence-corrected chi connectivity index (χ2v) is 6.29. The van der Waals surface area contributed by atoms with Crippen LogP contribution in [0, 0.1) is 5.92 Å². The molecule has 0 spiro atoms. The van der Waals surface area contributed by atoms with Gasteiger partial charge in [0.15, 0.2) is 0 Å². The Bertz CT molecular complexity index is 717. The first-order valence-electron chi connectivity index (χ1n) is 8.45. The number of hydrogen-bond acceptors (Lipinski definition) is 2. The first-order valence-corrected chi connectivity index (χ1v) is 8.45. The van der Waals surface area contributed by atoms with E-state index in [0.717, 1.165) is 18.4 Å². The zero-order valence-electron chi connectivity index (χ0n) is 13.6. The van der Waals surface area contributed by atoms with E-state index < -0.39 is 5.97 Å². The van der Waals surface area contributed by atoms with Gasteiger partial charge < -0.3 is 20.3 Å². The van der Waals surface area contributed by atoms with Crippen LogP contribution in [0.4, 0.5) is 4.79 Å². The molecule has 2 heterocycles. The van der Waals surface area contributed by atoms with E-state index in [1.165, 1.54) is 10.9 Å². The molecular formula is C18H23N3O3. The number of aliphatic carboxylic acids is 1. The summed E-state index contributed by atoms with van der Waals surface area (Å²) in [4.78, 5) is 28.0. The molecule has 1 aromatic carbocycles. The third-order valence-corrected chi connectivity index (χ3v) is 4.71. The molecule has 3 N–H and O–H groups in total. The third kappa shape index (κ3) is 3.69. The SMILES string of the molecule is O=C(O)C1CCN(C(=O)NCCCc2c[nH]c3ccccc23)CC1. The fraction of sp³-hybridized carbons (Fsp3) is 0.444. The van der Waals surface area contributed by atoms with Gasteiger partial charge in [-0.05, 0) is 37.3 Å². The first-order chi connectivity index (χ1) is 11.6. The normalized spacial score (nSPS) is 15.6. The molecule has 24 heavy (non-hydrogen) atoms.